The molecule has 0 saturated carbocycles. The van der Waals surface area contributed by atoms with Crippen molar-refractivity contribution >= 4 is 84.2 Å². The Morgan fingerprint density at radius 3 is 2.10 bits per heavy atom. The van der Waals surface area contributed by atoms with Crippen molar-refractivity contribution in [3.8, 4) is 44.9 Å². The Hall–Kier alpha value is -8.28. The summed E-state index contributed by atoms with van der Waals surface area (Å²) in [6.07, 6.45) is 11.9. The van der Waals surface area contributed by atoms with Crippen LogP contribution >= 0.6 is 0 Å². The molecule has 0 fully saturated rings. The molecule has 0 radical (unpaired) electrons. The zero-order chi connectivity index (χ0) is 41.9. The number of allylic oxidation sites excluding steroid dienone is 6. The predicted octanol–water partition coefficient (Wildman–Crippen LogP) is 14.0. The number of hydrogen-bond donors (Lipinski definition) is 0. The van der Waals surface area contributed by atoms with Crippen LogP contribution in [0.25, 0.3) is 129 Å². The van der Waals surface area contributed by atoms with Gasteiger partial charge in [0.2, 0.25) is 0 Å². The van der Waals surface area contributed by atoms with Gasteiger partial charge in [0.25, 0.3) is 0 Å². The molecule has 4 aromatic heterocycles. The lowest BCUT2D eigenvalue weighted by molar-refractivity contribution is 0.667. The van der Waals surface area contributed by atoms with Crippen molar-refractivity contribution in [1.82, 2.24) is 14.5 Å². The summed E-state index contributed by atoms with van der Waals surface area (Å²) in [6.45, 7) is 14.4. The van der Waals surface area contributed by atoms with E-state index < -0.39 is 0 Å². The molecule has 11 aromatic rings. The van der Waals surface area contributed by atoms with Crippen molar-refractivity contribution in [3.63, 3.8) is 0 Å². The number of nitrogens with zero attached hydrogens (tertiary/aromatic N) is 3. The molecule has 7 aromatic carbocycles. The summed E-state index contributed by atoms with van der Waals surface area (Å²) in [6, 6.07) is 50.4. The van der Waals surface area contributed by atoms with Gasteiger partial charge in [0, 0.05) is 54.5 Å². The fraction of sp³-hybridized carbons (Fsp3) is 0.0175. The fourth-order valence-electron chi connectivity index (χ4n) is 8.94. The monoisotopic (exact) mass is 797 g/mol. The van der Waals surface area contributed by atoms with Crippen molar-refractivity contribution < 1.29 is 8.83 Å². The lowest BCUT2D eigenvalue weighted by Gasteiger charge is -2.10. The van der Waals surface area contributed by atoms with E-state index in [-0.39, 0.29) is 0 Å². The number of fused-ring (bicyclic) bond motifs is 9. The molecular weight excluding hydrogens is 759 g/mol. The van der Waals surface area contributed by atoms with Crippen molar-refractivity contribution in [3.05, 3.63) is 200 Å². The second-order valence-electron chi connectivity index (χ2n) is 15.4. The van der Waals surface area contributed by atoms with Crippen LogP contribution in [0.1, 0.15) is 6.92 Å². The third-order valence-corrected chi connectivity index (χ3v) is 11.8. The molecule has 0 bridgehead atoms. The molecule has 0 saturated heterocycles. The molecule has 0 spiro atoms. The molecule has 5 heteroatoms. The Bertz CT molecular complexity index is 3800. The topological polar surface area (TPSA) is 57.0 Å². The summed E-state index contributed by atoms with van der Waals surface area (Å²) in [4.78, 5) is 10.4. The minimum absolute atomic E-state index is 0.632. The Labute approximate surface area is 357 Å². The summed E-state index contributed by atoms with van der Waals surface area (Å²) in [7, 11) is 0. The molecule has 62 heavy (non-hydrogen) atoms. The van der Waals surface area contributed by atoms with Crippen LogP contribution in [0.5, 0.6) is 0 Å². The Morgan fingerprint density at radius 2 is 1.29 bits per heavy atom. The van der Waals surface area contributed by atoms with Crippen LogP contribution in [-0.4, -0.2) is 14.5 Å². The highest BCUT2D eigenvalue weighted by atomic mass is 16.3. The SMILES string of the molecule is C=C/C=C(\C=C/C)n1c2ccc(-c3ccc4oc5c(-c6ccc(-c7cccc8c7oc7ccccc78)cc6)nc(-c6ccccc6)nc5c4c3)cc2c2ccc(=C)/c(=C\C=C)c21. The van der Waals surface area contributed by atoms with Gasteiger partial charge in [0.1, 0.15) is 28.0 Å². The molecule has 4 heterocycles. The van der Waals surface area contributed by atoms with Crippen molar-refractivity contribution in [1.29, 1.82) is 0 Å². The number of hydrogen-bond acceptors (Lipinski definition) is 4. The van der Waals surface area contributed by atoms with Gasteiger partial charge in [-0.15, -0.1) is 0 Å². The Kier molecular flexibility index (Phi) is 8.76. The van der Waals surface area contributed by atoms with Crippen molar-refractivity contribution in [2.24, 2.45) is 0 Å². The number of benzene rings is 7. The van der Waals surface area contributed by atoms with Gasteiger partial charge in [-0.1, -0.05) is 159 Å². The van der Waals surface area contributed by atoms with Gasteiger partial charge in [0.15, 0.2) is 11.4 Å². The van der Waals surface area contributed by atoms with E-state index in [0.717, 1.165) is 115 Å². The maximum Gasteiger partial charge on any atom is 0.180 e. The van der Waals surface area contributed by atoms with Crippen LogP contribution in [0.15, 0.2) is 198 Å². The van der Waals surface area contributed by atoms with Gasteiger partial charge in [-0.05, 0) is 71.3 Å². The summed E-state index contributed by atoms with van der Waals surface area (Å²) < 4.78 is 15.4. The van der Waals surface area contributed by atoms with E-state index in [4.69, 9.17) is 18.8 Å². The lowest BCUT2D eigenvalue weighted by Crippen LogP contribution is -2.25. The maximum absolute atomic E-state index is 6.70. The van der Waals surface area contributed by atoms with Crippen LogP contribution in [0.3, 0.4) is 0 Å². The first-order chi connectivity index (χ1) is 30.5. The highest BCUT2D eigenvalue weighted by Gasteiger charge is 2.21. The zero-order valence-electron chi connectivity index (χ0n) is 34.1. The van der Waals surface area contributed by atoms with E-state index in [0.29, 0.717) is 11.4 Å². The van der Waals surface area contributed by atoms with Gasteiger partial charge in [-0.2, -0.15) is 0 Å². The minimum Gasteiger partial charge on any atom is -0.455 e. The average molecular weight is 798 g/mol. The van der Waals surface area contributed by atoms with E-state index in [1.165, 1.54) is 0 Å². The first-order valence-electron chi connectivity index (χ1n) is 20.7. The first-order valence-corrected chi connectivity index (χ1v) is 20.7. The predicted molar refractivity (Wildman–Crippen MR) is 260 cm³/mol. The number of furan rings is 2. The van der Waals surface area contributed by atoms with Gasteiger partial charge >= 0.3 is 0 Å². The average Bonchev–Trinajstić information content (AvgIpc) is 3.99. The number of aromatic nitrogens is 3. The van der Waals surface area contributed by atoms with E-state index in [1.807, 2.05) is 91.9 Å². The Morgan fingerprint density at radius 1 is 0.581 bits per heavy atom. The third kappa shape index (κ3) is 5.86. The maximum atomic E-state index is 6.70. The van der Waals surface area contributed by atoms with E-state index in [1.54, 1.807) is 0 Å². The van der Waals surface area contributed by atoms with Crippen LogP contribution in [0, 0.1) is 0 Å². The molecular formula is C57H39N3O2. The Balaban J connectivity index is 1.08. The van der Waals surface area contributed by atoms with Crippen LogP contribution < -0.4 is 10.4 Å². The molecule has 294 valence electrons. The molecule has 0 unspecified atom stereocenters. The summed E-state index contributed by atoms with van der Waals surface area (Å²) >= 11 is 0. The van der Waals surface area contributed by atoms with E-state index >= 15 is 0 Å². The van der Waals surface area contributed by atoms with Crippen LogP contribution in [0.4, 0.5) is 0 Å². The summed E-state index contributed by atoms with van der Waals surface area (Å²) in [5.74, 6) is 0.632. The molecule has 0 aliphatic carbocycles. The third-order valence-electron chi connectivity index (χ3n) is 11.8. The smallest absolute Gasteiger partial charge is 0.180 e. The summed E-state index contributed by atoms with van der Waals surface area (Å²) in [5, 5.41) is 7.35. The van der Waals surface area contributed by atoms with Gasteiger partial charge in [-0.3, -0.25) is 0 Å². The van der Waals surface area contributed by atoms with Crippen molar-refractivity contribution in [2.45, 2.75) is 6.92 Å². The lowest BCUT2D eigenvalue weighted by atomic mass is 9.99. The number of para-hydroxylation sites is 2. The van der Waals surface area contributed by atoms with Gasteiger partial charge in [0.05, 0.1) is 11.0 Å². The van der Waals surface area contributed by atoms with Crippen LogP contribution in [-0.2, 0) is 0 Å². The zero-order valence-corrected chi connectivity index (χ0v) is 34.1. The molecule has 0 N–H and O–H groups in total. The van der Waals surface area contributed by atoms with Crippen molar-refractivity contribution in [2.75, 3.05) is 0 Å². The van der Waals surface area contributed by atoms with Gasteiger partial charge in [-0.25, -0.2) is 9.97 Å². The number of rotatable bonds is 8. The molecule has 0 amide bonds. The highest BCUT2D eigenvalue weighted by Crippen LogP contribution is 2.41. The molecule has 0 aliphatic heterocycles. The van der Waals surface area contributed by atoms with Crippen LogP contribution in [0.2, 0.25) is 0 Å². The minimum atomic E-state index is 0.632. The molecule has 0 atom stereocenters. The standard InChI is InChI=1S/C57H39N3O2/c1-5-14-41(15-6-2)60-49-31-28-39(33-47(49)45-30-23-35(4)42(16-7-3)54(45)60)40-29-32-51-48(34-40)53-56(62-51)52(58-57(59-53)38-17-9-8-10-18-38)37-26-24-36(25-27-37)43-20-13-21-46-44-19-11-12-22-50(44)61-55(43)46/h5-34H,1,3-4H2,2H3/b15-6-,41-14+,42-16+. The van der Waals surface area contributed by atoms with Gasteiger partial charge < -0.3 is 13.4 Å². The normalized spacial score (nSPS) is 12.6. The quantitative estimate of drug-likeness (QED) is 0.144. The van der Waals surface area contributed by atoms with E-state index in [9.17, 15) is 0 Å². The molecule has 5 nitrogen and oxygen atoms in total. The molecule has 11 rings (SSSR count). The first kappa shape index (κ1) is 36.8. The summed E-state index contributed by atoms with van der Waals surface area (Å²) in [5.41, 5.74) is 13.9. The molecule has 0 aliphatic rings. The largest absolute Gasteiger partial charge is 0.455 e. The fourth-order valence-corrected chi connectivity index (χ4v) is 8.94. The van der Waals surface area contributed by atoms with E-state index in [2.05, 4.69) is 121 Å². The second kappa shape index (κ2) is 14.8. The highest BCUT2D eigenvalue weighted by molar-refractivity contribution is 6.13. The second-order valence-corrected chi connectivity index (χ2v) is 15.4.